The van der Waals surface area contributed by atoms with Crippen LogP contribution in [0, 0.1) is 11.3 Å². The molecule has 2 N–H and O–H groups in total. The van der Waals surface area contributed by atoms with Gasteiger partial charge < -0.3 is 19.9 Å². The number of nitrogens with zero attached hydrogens (tertiary/aromatic N) is 3. The molecule has 0 aliphatic rings. The van der Waals surface area contributed by atoms with Gasteiger partial charge in [-0.2, -0.15) is 5.26 Å². The van der Waals surface area contributed by atoms with E-state index < -0.39 is 11.2 Å². The second-order valence-corrected chi connectivity index (χ2v) is 7.42. The third-order valence-corrected chi connectivity index (χ3v) is 5.56. The van der Waals surface area contributed by atoms with Crippen LogP contribution in [0.3, 0.4) is 0 Å². The van der Waals surface area contributed by atoms with Gasteiger partial charge >= 0.3 is 5.97 Å². The minimum absolute atomic E-state index is 0.333. The van der Waals surface area contributed by atoms with E-state index in [1.807, 2.05) is 0 Å². The number of nitriles is 1. The summed E-state index contributed by atoms with van der Waals surface area (Å²) < 4.78 is 10.8. The molecule has 2 aromatic carbocycles. The summed E-state index contributed by atoms with van der Waals surface area (Å²) >= 11 is 1.09. The maximum atomic E-state index is 11.5. The quantitative estimate of drug-likeness (QED) is 0.405. The molecule has 3 aromatic rings. The fraction of sp³-hybridized carbons (Fsp3) is 0.238. The van der Waals surface area contributed by atoms with Crippen LogP contribution in [-0.2, 0) is 4.79 Å². The number of nitrogens with one attached hydrogen (secondary N) is 1. The molecule has 8 nitrogen and oxygen atoms in total. The maximum Gasteiger partial charge on any atom is 0.317 e. The van der Waals surface area contributed by atoms with Gasteiger partial charge in [-0.1, -0.05) is 18.7 Å². The van der Waals surface area contributed by atoms with Gasteiger partial charge in [0, 0.05) is 17.1 Å². The summed E-state index contributed by atoms with van der Waals surface area (Å²) in [6.07, 6.45) is 0.436. The van der Waals surface area contributed by atoms with Crippen molar-refractivity contribution in [3.05, 3.63) is 42.0 Å². The number of carboxylic acid groups (broad SMARTS) is 1. The van der Waals surface area contributed by atoms with Crippen LogP contribution in [0.15, 0.2) is 41.6 Å². The normalized spacial score (nSPS) is 11.5. The zero-order valence-corrected chi connectivity index (χ0v) is 17.5. The van der Waals surface area contributed by atoms with Crippen LogP contribution < -0.4 is 14.8 Å². The van der Waals surface area contributed by atoms with E-state index in [2.05, 4.69) is 21.4 Å². The Bertz CT molecular complexity index is 1110. The number of aliphatic carboxylic acids is 1. The Kier molecular flexibility index (Phi) is 6.59. The van der Waals surface area contributed by atoms with E-state index in [4.69, 9.17) is 14.7 Å². The lowest BCUT2D eigenvalue weighted by Gasteiger charge is -2.15. The first-order chi connectivity index (χ1) is 14.5. The Morgan fingerprint density at radius 2 is 1.87 bits per heavy atom. The first-order valence-corrected chi connectivity index (χ1v) is 9.97. The second-order valence-electron chi connectivity index (χ2n) is 6.25. The highest BCUT2D eigenvalue weighted by Crippen LogP contribution is 2.36. The number of rotatable bonds is 8. The molecule has 3 rings (SSSR count). The predicted molar refractivity (Wildman–Crippen MR) is 115 cm³/mol. The Morgan fingerprint density at radius 1 is 1.20 bits per heavy atom. The van der Waals surface area contributed by atoms with Gasteiger partial charge in [0.05, 0.1) is 31.4 Å². The van der Waals surface area contributed by atoms with Crippen LogP contribution >= 0.6 is 11.8 Å². The highest BCUT2D eigenvalue weighted by atomic mass is 32.2. The molecule has 0 amide bonds. The number of aromatic nitrogens is 2. The molecule has 1 aromatic heterocycles. The van der Waals surface area contributed by atoms with Crippen molar-refractivity contribution in [2.24, 2.45) is 0 Å². The Balaban J connectivity index is 2.12. The van der Waals surface area contributed by atoms with Gasteiger partial charge in [0.25, 0.3) is 0 Å². The molecule has 1 heterocycles. The van der Waals surface area contributed by atoms with Crippen LogP contribution in [-0.4, -0.2) is 40.5 Å². The minimum atomic E-state index is -0.917. The fourth-order valence-electron chi connectivity index (χ4n) is 2.78. The first kappa shape index (κ1) is 21.2. The highest BCUT2D eigenvalue weighted by molar-refractivity contribution is 8.00. The van der Waals surface area contributed by atoms with Gasteiger partial charge in [-0.05, 0) is 36.8 Å². The van der Waals surface area contributed by atoms with Gasteiger partial charge in [-0.15, -0.1) is 0 Å². The lowest BCUT2D eigenvalue weighted by molar-refractivity contribution is -0.136. The molecule has 1 unspecified atom stereocenters. The summed E-state index contributed by atoms with van der Waals surface area (Å²) in [7, 11) is 3.08. The van der Waals surface area contributed by atoms with Crippen molar-refractivity contribution in [2.45, 2.75) is 23.8 Å². The molecular formula is C21H20N4O4S. The topological polar surface area (TPSA) is 117 Å². The van der Waals surface area contributed by atoms with Crippen molar-refractivity contribution in [3.8, 4) is 17.6 Å². The number of hydrogen-bond donors (Lipinski definition) is 2. The third-order valence-electron chi connectivity index (χ3n) is 4.35. The van der Waals surface area contributed by atoms with E-state index >= 15 is 0 Å². The van der Waals surface area contributed by atoms with E-state index in [0.717, 1.165) is 17.4 Å². The Hall–Kier alpha value is -3.51. The lowest BCUT2D eigenvalue weighted by atomic mass is 10.2. The van der Waals surface area contributed by atoms with Crippen LogP contribution in [0.25, 0.3) is 10.9 Å². The Labute approximate surface area is 177 Å². The van der Waals surface area contributed by atoms with Crippen molar-refractivity contribution in [1.29, 1.82) is 5.26 Å². The van der Waals surface area contributed by atoms with Gasteiger partial charge in [0.15, 0.2) is 16.7 Å². The average Bonchev–Trinajstić information content (AvgIpc) is 2.76. The molecule has 0 aliphatic carbocycles. The third kappa shape index (κ3) is 4.55. The molecular weight excluding hydrogens is 404 g/mol. The lowest BCUT2D eigenvalue weighted by Crippen LogP contribution is -2.15. The van der Waals surface area contributed by atoms with E-state index in [1.54, 1.807) is 50.4 Å². The number of carbonyl (C=O) groups is 1. The molecule has 0 spiro atoms. The number of methoxy groups -OCH3 is 2. The second kappa shape index (κ2) is 9.33. The highest BCUT2D eigenvalue weighted by Gasteiger charge is 2.20. The monoisotopic (exact) mass is 424 g/mol. The fourth-order valence-corrected chi connectivity index (χ4v) is 3.60. The van der Waals surface area contributed by atoms with Crippen LogP contribution in [0.4, 0.5) is 11.5 Å². The summed E-state index contributed by atoms with van der Waals surface area (Å²) in [5, 5.41) is 22.0. The number of benzene rings is 2. The zero-order valence-electron chi connectivity index (χ0n) is 16.7. The molecule has 154 valence electrons. The Morgan fingerprint density at radius 3 is 2.43 bits per heavy atom. The summed E-state index contributed by atoms with van der Waals surface area (Å²) in [6.45, 7) is 1.80. The zero-order chi connectivity index (χ0) is 21.7. The van der Waals surface area contributed by atoms with E-state index in [9.17, 15) is 9.90 Å². The van der Waals surface area contributed by atoms with Gasteiger partial charge in [-0.25, -0.2) is 9.97 Å². The number of hydrogen-bond acceptors (Lipinski definition) is 8. The van der Waals surface area contributed by atoms with E-state index in [0.29, 0.717) is 45.4 Å². The standard InChI is InChI=1S/C21H20N4O4S/c1-4-18(20(26)27)30-21-24-15-10-17(29-3)16(28-2)9-14(15)19(25-21)23-13-7-5-12(11-22)6-8-13/h5-10,18H,4H2,1-3H3,(H,26,27)(H,23,24,25). The van der Waals surface area contributed by atoms with Crippen molar-refractivity contribution >= 4 is 40.1 Å². The van der Waals surface area contributed by atoms with Crippen molar-refractivity contribution in [1.82, 2.24) is 9.97 Å². The van der Waals surface area contributed by atoms with E-state index in [-0.39, 0.29) is 0 Å². The smallest absolute Gasteiger partial charge is 0.317 e. The molecule has 1 atom stereocenters. The largest absolute Gasteiger partial charge is 0.493 e. The van der Waals surface area contributed by atoms with Crippen molar-refractivity contribution in [3.63, 3.8) is 0 Å². The molecule has 0 radical (unpaired) electrons. The summed E-state index contributed by atoms with van der Waals surface area (Å²) in [5.41, 5.74) is 1.86. The number of thioether (sulfide) groups is 1. The van der Waals surface area contributed by atoms with Crippen LogP contribution in [0.5, 0.6) is 11.5 Å². The first-order valence-electron chi connectivity index (χ1n) is 9.09. The average molecular weight is 424 g/mol. The molecule has 0 bridgehead atoms. The van der Waals surface area contributed by atoms with E-state index in [1.165, 1.54) is 7.11 Å². The predicted octanol–water partition coefficient (Wildman–Crippen LogP) is 4.22. The molecule has 0 fully saturated rings. The number of ether oxygens (including phenoxy) is 2. The maximum absolute atomic E-state index is 11.5. The van der Waals surface area contributed by atoms with Gasteiger partial charge in [-0.3, -0.25) is 4.79 Å². The molecule has 0 saturated heterocycles. The van der Waals surface area contributed by atoms with Crippen molar-refractivity contribution < 1.29 is 19.4 Å². The number of anilines is 2. The summed E-state index contributed by atoms with van der Waals surface area (Å²) in [4.78, 5) is 20.5. The van der Waals surface area contributed by atoms with Crippen molar-refractivity contribution in [2.75, 3.05) is 19.5 Å². The SMILES string of the molecule is CCC(Sc1nc(Nc2ccc(C#N)cc2)c2cc(OC)c(OC)cc2n1)C(=O)O. The molecule has 0 aliphatic heterocycles. The number of carboxylic acids is 1. The number of fused-ring (bicyclic) bond motifs is 1. The van der Waals surface area contributed by atoms with Crippen LogP contribution in [0.1, 0.15) is 18.9 Å². The van der Waals surface area contributed by atoms with Crippen LogP contribution in [0.2, 0.25) is 0 Å². The molecule has 30 heavy (non-hydrogen) atoms. The van der Waals surface area contributed by atoms with Gasteiger partial charge in [0.2, 0.25) is 0 Å². The molecule has 0 saturated carbocycles. The minimum Gasteiger partial charge on any atom is -0.493 e. The molecule has 9 heteroatoms. The summed E-state index contributed by atoms with van der Waals surface area (Å²) in [5.74, 6) is 0.608. The summed E-state index contributed by atoms with van der Waals surface area (Å²) in [6, 6.07) is 12.5. The van der Waals surface area contributed by atoms with Gasteiger partial charge in [0.1, 0.15) is 11.1 Å².